The van der Waals surface area contributed by atoms with Crippen molar-refractivity contribution in [3.8, 4) is 11.5 Å². The Morgan fingerprint density at radius 3 is 2.53 bits per heavy atom. The van der Waals surface area contributed by atoms with Crippen molar-refractivity contribution in [2.75, 3.05) is 24.2 Å². The van der Waals surface area contributed by atoms with Gasteiger partial charge < -0.3 is 14.8 Å². The van der Waals surface area contributed by atoms with Crippen molar-refractivity contribution < 1.29 is 35.9 Å². The Kier molecular flexibility index (Phi) is 7.01. The molecule has 0 aliphatic carbocycles. The highest BCUT2D eigenvalue weighted by Crippen LogP contribution is 2.41. The second-order valence-corrected chi connectivity index (χ2v) is 10.8. The SMILES string of the molecule is COc1ccc2c(c1)C(NC(=O)CN(c1ccc(Cl)c(C(F)(F)F)c1)S(C)(=O)=O)CC(C)(C)O2. The van der Waals surface area contributed by atoms with Gasteiger partial charge >= 0.3 is 6.18 Å². The normalized spacial score (nSPS) is 17.4. The molecule has 12 heteroatoms. The van der Waals surface area contributed by atoms with Gasteiger partial charge in [-0.2, -0.15) is 13.2 Å². The van der Waals surface area contributed by atoms with Crippen LogP contribution in [0.4, 0.5) is 18.9 Å². The predicted octanol–water partition coefficient (Wildman–Crippen LogP) is 4.55. The zero-order chi connectivity index (χ0) is 25.5. The summed E-state index contributed by atoms with van der Waals surface area (Å²) in [6, 6.07) is 7.25. The van der Waals surface area contributed by atoms with Crippen LogP contribution in [0.5, 0.6) is 11.5 Å². The first-order valence-electron chi connectivity index (χ1n) is 10.1. The molecular formula is C22H24ClF3N2O5S. The Labute approximate surface area is 200 Å². The van der Waals surface area contributed by atoms with Crippen molar-refractivity contribution >= 4 is 33.2 Å². The predicted molar refractivity (Wildman–Crippen MR) is 122 cm³/mol. The van der Waals surface area contributed by atoms with Crippen LogP contribution in [0.25, 0.3) is 0 Å². The molecule has 0 spiro atoms. The molecule has 186 valence electrons. The maximum absolute atomic E-state index is 13.3. The summed E-state index contributed by atoms with van der Waals surface area (Å²) in [5.74, 6) is 0.375. The van der Waals surface area contributed by atoms with Gasteiger partial charge in [0.05, 0.1) is 35.7 Å². The van der Waals surface area contributed by atoms with Crippen LogP contribution in [0.1, 0.15) is 37.4 Å². The van der Waals surface area contributed by atoms with Gasteiger partial charge in [-0.25, -0.2) is 8.42 Å². The van der Waals surface area contributed by atoms with E-state index in [1.54, 1.807) is 18.2 Å². The molecule has 0 radical (unpaired) electrons. The minimum Gasteiger partial charge on any atom is -0.497 e. The van der Waals surface area contributed by atoms with Crippen LogP contribution in [0.2, 0.25) is 5.02 Å². The number of amides is 1. The molecule has 0 bridgehead atoms. The number of nitrogens with one attached hydrogen (secondary N) is 1. The number of carbonyl (C=O) groups excluding carboxylic acids is 1. The standard InChI is InChI=1S/C22H24ClF3N2O5S/c1-21(2)11-18(15-10-14(32-3)6-8-19(15)33-21)27-20(29)12-28(34(4,30)31)13-5-7-17(23)16(9-13)22(24,25)26/h5-10,18H,11-12H2,1-4H3,(H,27,29). The van der Waals surface area contributed by atoms with Crippen LogP contribution in [-0.2, 0) is 21.0 Å². The fourth-order valence-corrected chi connectivity index (χ4v) is 4.82. The number of rotatable bonds is 6. The summed E-state index contributed by atoms with van der Waals surface area (Å²) in [7, 11) is -2.61. The van der Waals surface area contributed by atoms with Crippen molar-refractivity contribution in [2.24, 2.45) is 0 Å². The summed E-state index contributed by atoms with van der Waals surface area (Å²) in [6.07, 6.45) is -3.62. The number of carbonyl (C=O) groups is 1. The summed E-state index contributed by atoms with van der Waals surface area (Å²) in [5.41, 5.74) is -1.52. The Morgan fingerprint density at radius 2 is 1.94 bits per heavy atom. The van der Waals surface area contributed by atoms with E-state index in [9.17, 15) is 26.4 Å². The number of methoxy groups -OCH3 is 1. The van der Waals surface area contributed by atoms with E-state index in [1.807, 2.05) is 13.8 Å². The molecule has 1 unspecified atom stereocenters. The number of ether oxygens (including phenoxy) is 2. The maximum Gasteiger partial charge on any atom is 0.417 e. The second-order valence-electron chi connectivity index (χ2n) is 8.52. The number of alkyl halides is 3. The zero-order valence-electron chi connectivity index (χ0n) is 18.9. The molecule has 7 nitrogen and oxygen atoms in total. The number of nitrogens with zero attached hydrogens (tertiary/aromatic N) is 1. The fraction of sp³-hybridized carbons (Fsp3) is 0.409. The van der Waals surface area contributed by atoms with Gasteiger partial charge in [0, 0.05) is 12.0 Å². The van der Waals surface area contributed by atoms with E-state index in [0.717, 1.165) is 18.4 Å². The molecule has 1 amide bonds. The van der Waals surface area contributed by atoms with E-state index in [1.165, 1.54) is 7.11 Å². The van der Waals surface area contributed by atoms with Crippen molar-refractivity contribution in [3.63, 3.8) is 0 Å². The fourth-order valence-electron chi connectivity index (χ4n) is 3.74. The van der Waals surface area contributed by atoms with Gasteiger partial charge in [-0.3, -0.25) is 9.10 Å². The van der Waals surface area contributed by atoms with Crippen LogP contribution < -0.4 is 19.1 Å². The Balaban J connectivity index is 1.90. The second kappa shape index (κ2) is 9.18. The molecular weight excluding hydrogens is 497 g/mol. The first kappa shape index (κ1) is 26.0. The third-order valence-electron chi connectivity index (χ3n) is 5.24. The van der Waals surface area contributed by atoms with Gasteiger partial charge in [0.1, 0.15) is 23.6 Å². The van der Waals surface area contributed by atoms with Gasteiger partial charge in [0.25, 0.3) is 0 Å². The molecule has 0 aromatic heterocycles. The van der Waals surface area contributed by atoms with E-state index in [-0.39, 0.29) is 5.69 Å². The first-order valence-corrected chi connectivity index (χ1v) is 12.3. The molecule has 1 heterocycles. The van der Waals surface area contributed by atoms with Crippen molar-refractivity contribution in [2.45, 2.75) is 38.1 Å². The molecule has 3 rings (SSSR count). The monoisotopic (exact) mass is 520 g/mol. The molecule has 0 saturated heterocycles. The van der Waals surface area contributed by atoms with Crippen molar-refractivity contribution in [3.05, 3.63) is 52.5 Å². The molecule has 1 aliphatic rings. The Bertz CT molecular complexity index is 1200. The third-order valence-corrected chi connectivity index (χ3v) is 6.71. The molecule has 1 atom stereocenters. The van der Waals surface area contributed by atoms with E-state index < -0.39 is 50.9 Å². The number of hydrogen-bond acceptors (Lipinski definition) is 5. The summed E-state index contributed by atoms with van der Waals surface area (Å²) < 4.78 is 76.4. The van der Waals surface area contributed by atoms with Gasteiger partial charge in [-0.15, -0.1) is 0 Å². The van der Waals surface area contributed by atoms with Gasteiger partial charge in [-0.05, 0) is 50.2 Å². The van der Waals surface area contributed by atoms with Crippen LogP contribution in [-0.4, -0.2) is 39.8 Å². The maximum atomic E-state index is 13.3. The van der Waals surface area contributed by atoms with Gasteiger partial charge in [-0.1, -0.05) is 11.6 Å². The average molecular weight is 521 g/mol. The van der Waals surface area contributed by atoms with Gasteiger partial charge in [0.15, 0.2) is 0 Å². The lowest BCUT2D eigenvalue weighted by atomic mass is 9.89. The summed E-state index contributed by atoms with van der Waals surface area (Å²) in [5, 5.41) is 2.20. The van der Waals surface area contributed by atoms with Crippen LogP contribution in [0.3, 0.4) is 0 Å². The van der Waals surface area contributed by atoms with E-state index in [4.69, 9.17) is 21.1 Å². The lowest BCUT2D eigenvalue weighted by Gasteiger charge is -2.38. The first-order chi connectivity index (χ1) is 15.6. The topological polar surface area (TPSA) is 84.9 Å². The van der Waals surface area contributed by atoms with Crippen molar-refractivity contribution in [1.29, 1.82) is 0 Å². The number of benzene rings is 2. The quantitative estimate of drug-likeness (QED) is 0.604. The molecule has 2 aromatic rings. The largest absolute Gasteiger partial charge is 0.497 e. The third kappa shape index (κ3) is 5.87. The Hall–Kier alpha value is -2.66. The molecule has 0 saturated carbocycles. The number of halogens is 4. The summed E-state index contributed by atoms with van der Waals surface area (Å²) in [4.78, 5) is 12.9. The number of sulfonamides is 1. The zero-order valence-corrected chi connectivity index (χ0v) is 20.4. The van der Waals surface area contributed by atoms with E-state index in [2.05, 4.69) is 5.32 Å². The van der Waals surface area contributed by atoms with Crippen LogP contribution in [0, 0.1) is 0 Å². The minimum absolute atomic E-state index is 0.330. The van der Waals surface area contributed by atoms with Crippen LogP contribution in [0.15, 0.2) is 36.4 Å². The Morgan fingerprint density at radius 1 is 1.26 bits per heavy atom. The molecule has 0 fully saturated rings. The number of anilines is 1. The van der Waals surface area contributed by atoms with E-state index in [0.29, 0.717) is 33.9 Å². The van der Waals surface area contributed by atoms with Crippen molar-refractivity contribution in [1.82, 2.24) is 5.32 Å². The number of hydrogen-bond donors (Lipinski definition) is 1. The smallest absolute Gasteiger partial charge is 0.417 e. The average Bonchev–Trinajstić information content (AvgIpc) is 2.70. The highest BCUT2D eigenvalue weighted by Gasteiger charge is 2.37. The number of fused-ring (bicyclic) bond motifs is 1. The minimum atomic E-state index is -4.80. The lowest BCUT2D eigenvalue weighted by Crippen LogP contribution is -2.45. The summed E-state index contributed by atoms with van der Waals surface area (Å²) in [6.45, 7) is 2.96. The highest BCUT2D eigenvalue weighted by atomic mass is 35.5. The van der Waals surface area contributed by atoms with Gasteiger partial charge in [0.2, 0.25) is 15.9 Å². The molecule has 34 heavy (non-hydrogen) atoms. The van der Waals surface area contributed by atoms with Crippen LogP contribution >= 0.6 is 11.6 Å². The lowest BCUT2D eigenvalue weighted by molar-refractivity contribution is -0.137. The summed E-state index contributed by atoms with van der Waals surface area (Å²) >= 11 is 5.64. The molecule has 2 aromatic carbocycles. The highest BCUT2D eigenvalue weighted by molar-refractivity contribution is 7.92. The molecule has 1 aliphatic heterocycles. The molecule has 1 N–H and O–H groups in total. The van der Waals surface area contributed by atoms with E-state index >= 15 is 0 Å².